The third-order valence-corrected chi connectivity index (χ3v) is 3.41. The first-order chi connectivity index (χ1) is 5.29. The molecule has 3 unspecified atom stereocenters. The van der Waals surface area contributed by atoms with Gasteiger partial charge in [0.15, 0.2) is 0 Å². The summed E-state index contributed by atoms with van der Waals surface area (Å²) in [5, 5.41) is 0. The predicted molar refractivity (Wildman–Crippen MR) is 47.5 cm³/mol. The van der Waals surface area contributed by atoms with Crippen LogP contribution in [0.15, 0.2) is 0 Å². The largest absolute Gasteiger partial charge is 0.300 e. The smallest absolute Gasteiger partial charge is 0.0102 e. The maximum absolute atomic E-state index is 2.71. The van der Waals surface area contributed by atoms with Crippen molar-refractivity contribution in [3.63, 3.8) is 0 Å². The molecular weight excluding hydrogens is 134 g/mol. The van der Waals surface area contributed by atoms with Crippen LogP contribution in [0.25, 0.3) is 0 Å². The Hall–Kier alpha value is -0.0400. The summed E-state index contributed by atoms with van der Waals surface area (Å²) in [6.07, 6.45) is 4.35. The maximum atomic E-state index is 2.71. The Balaban J connectivity index is 1.93. The lowest BCUT2D eigenvalue weighted by molar-refractivity contribution is 0.310. The van der Waals surface area contributed by atoms with Gasteiger partial charge in [-0.1, -0.05) is 20.3 Å². The summed E-state index contributed by atoms with van der Waals surface area (Å²) in [4.78, 5) is 2.71. The van der Waals surface area contributed by atoms with Gasteiger partial charge in [0.2, 0.25) is 0 Å². The molecule has 0 aliphatic carbocycles. The van der Waals surface area contributed by atoms with Crippen LogP contribution < -0.4 is 0 Å². The Labute approximate surface area is 69.8 Å². The summed E-state index contributed by atoms with van der Waals surface area (Å²) in [5.74, 6) is 1.99. The van der Waals surface area contributed by atoms with Crippen molar-refractivity contribution in [2.75, 3.05) is 13.1 Å². The van der Waals surface area contributed by atoms with Crippen LogP contribution in [0.4, 0.5) is 0 Å². The van der Waals surface area contributed by atoms with E-state index < -0.39 is 0 Å². The average molecular weight is 153 g/mol. The zero-order chi connectivity index (χ0) is 7.84. The van der Waals surface area contributed by atoms with E-state index in [1.54, 1.807) is 0 Å². The highest BCUT2D eigenvalue weighted by molar-refractivity contribution is 4.91. The molecule has 0 saturated carbocycles. The van der Waals surface area contributed by atoms with Gasteiger partial charge in [0.05, 0.1) is 0 Å². The fourth-order valence-electron chi connectivity index (χ4n) is 2.79. The molecule has 2 saturated heterocycles. The summed E-state index contributed by atoms with van der Waals surface area (Å²) < 4.78 is 0. The van der Waals surface area contributed by atoms with E-state index in [0.717, 1.165) is 17.9 Å². The summed E-state index contributed by atoms with van der Waals surface area (Å²) in [6, 6.07) is 0.968. The van der Waals surface area contributed by atoms with Crippen molar-refractivity contribution in [2.45, 2.75) is 39.2 Å². The molecule has 0 bridgehead atoms. The first-order valence-corrected chi connectivity index (χ1v) is 5.03. The monoisotopic (exact) mass is 153 g/mol. The molecule has 1 heteroatoms. The van der Waals surface area contributed by atoms with E-state index in [9.17, 15) is 0 Å². The van der Waals surface area contributed by atoms with Crippen molar-refractivity contribution in [1.82, 2.24) is 4.90 Å². The van der Waals surface area contributed by atoms with Crippen LogP contribution in [-0.2, 0) is 0 Å². The minimum Gasteiger partial charge on any atom is -0.300 e. The van der Waals surface area contributed by atoms with Gasteiger partial charge >= 0.3 is 0 Å². The molecule has 1 nitrogen and oxygen atoms in total. The second-order valence-electron chi connectivity index (χ2n) is 4.46. The summed E-state index contributed by atoms with van der Waals surface area (Å²) in [7, 11) is 0. The lowest BCUT2D eigenvalue weighted by atomic mass is 9.98. The highest BCUT2D eigenvalue weighted by Gasteiger charge is 2.36. The Morgan fingerprint density at radius 3 is 2.73 bits per heavy atom. The van der Waals surface area contributed by atoms with Gasteiger partial charge in [0.1, 0.15) is 0 Å². The number of hydrogen-bond acceptors (Lipinski definition) is 1. The van der Waals surface area contributed by atoms with Gasteiger partial charge in [-0.2, -0.15) is 0 Å². The van der Waals surface area contributed by atoms with E-state index in [4.69, 9.17) is 0 Å². The predicted octanol–water partition coefficient (Wildman–Crippen LogP) is 2.13. The summed E-state index contributed by atoms with van der Waals surface area (Å²) in [5.41, 5.74) is 0. The van der Waals surface area contributed by atoms with Crippen molar-refractivity contribution < 1.29 is 0 Å². The Kier molecular flexibility index (Phi) is 1.92. The standard InChI is InChI=1S/C10H19N/c1-3-9-5-10-4-8(2)6-11(10)7-9/h8-10H,3-7H2,1-2H3. The van der Waals surface area contributed by atoms with E-state index in [1.807, 2.05) is 0 Å². The van der Waals surface area contributed by atoms with Crippen molar-refractivity contribution in [3.05, 3.63) is 0 Å². The number of hydrogen-bond donors (Lipinski definition) is 0. The lowest BCUT2D eigenvalue weighted by Gasteiger charge is -2.13. The lowest BCUT2D eigenvalue weighted by Crippen LogP contribution is -2.22. The molecule has 64 valence electrons. The second-order valence-corrected chi connectivity index (χ2v) is 4.46. The minimum atomic E-state index is 0.968. The zero-order valence-electron chi connectivity index (χ0n) is 7.71. The molecule has 11 heavy (non-hydrogen) atoms. The molecule has 0 N–H and O–H groups in total. The molecule has 0 spiro atoms. The number of rotatable bonds is 1. The molecular formula is C10H19N. The highest BCUT2D eigenvalue weighted by Crippen LogP contribution is 2.35. The van der Waals surface area contributed by atoms with Crippen LogP contribution in [0.2, 0.25) is 0 Å². The van der Waals surface area contributed by atoms with Crippen LogP contribution in [0.3, 0.4) is 0 Å². The van der Waals surface area contributed by atoms with Crippen LogP contribution in [0.5, 0.6) is 0 Å². The van der Waals surface area contributed by atoms with Crippen molar-refractivity contribution >= 4 is 0 Å². The van der Waals surface area contributed by atoms with E-state index >= 15 is 0 Å². The van der Waals surface area contributed by atoms with Gasteiger partial charge in [0.25, 0.3) is 0 Å². The molecule has 2 heterocycles. The average Bonchev–Trinajstić information content (AvgIpc) is 2.43. The normalized spacial score (nSPS) is 44.7. The molecule has 0 aromatic heterocycles. The summed E-state index contributed by atoms with van der Waals surface area (Å²) in [6.45, 7) is 7.49. The van der Waals surface area contributed by atoms with E-state index in [2.05, 4.69) is 18.7 Å². The van der Waals surface area contributed by atoms with Gasteiger partial charge in [-0.3, -0.25) is 4.90 Å². The minimum absolute atomic E-state index is 0.968. The molecule has 0 radical (unpaired) electrons. The molecule has 0 aromatic carbocycles. The molecule has 2 rings (SSSR count). The van der Waals surface area contributed by atoms with Crippen LogP contribution in [-0.4, -0.2) is 24.0 Å². The fourth-order valence-corrected chi connectivity index (χ4v) is 2.79. The van der Waals surface area contributed by atoms with Crippen LogP contribution >= 0.6 is 0 Å². The van der Waals surface area contributed by atoms with Gasteiger partial charge in [-0.25, -0.2) is 0 Å². The first-order valence-electron chi connectivity index (χ1n) is 5.03. The van der Waals surface area contributed by atoms with Crippen molar-refractivity contribution in [3.8, 4) is 0 Å². The van der Waals surface area contributed by atoms with Crippen molar-refractivity contribution in [1.29, 1.82) is 0 Å². The Bertz CT molecular complexity index is 130. The van der Waals surface area contributed by atoms with Gasteiger partial charge in [0, 0.05) is 19.1 Å². The fraction of sp³-hybridized carbons (Fsp3) is 1.00. The topological polar surface area (TPSA) is 3.24 Å². The first kappa shape index (κ1) is 7.60. The maximum Gasteiger partial charge on any atom is 0.0102 e. The third kappa shape index (κ3) is 1.31. The summed E-state index contributed by atoms with van der Waals surface area (Å²) >= 11 is 0. The van der Waals surface area contributed by atoms with Crippen LogP contribution in [0.1, 0.15) is 33.1 Å². The molecule has 2 aliphatic heterocycles. The molecule has 2 aliphatic rings. The van der Waals surface area contributed by atoms with Gasteiger partial charge in [-0.15, -0.1) is 0 Å². The second kappa shape index (κ2) is 2.78. The van der Waals surface area contributed by atoms with Gasteiger partial charge in [-0.05, 0) is 24.7 Å². The Morgan fingerprint density at radius 2 is 2.09 bits per heavy atom. The highest BCUT2D eigenvalue weighted by atomic mass is 15.2. The Morgan fingerprint density at radius 1 is 1.27 bits per heavy atom. The number of fused-ring (bicyclic) bond motifs is 1. The quantitative estimate of drug-likeness (QED) is 0.558. The zero-order valence-corrected chi connectivity index (χ0v) is 7.71. The van der Waals surface area contributed by atoms with Gasteiger partial charge < -0.3 is 0 Å². The molecule has 2 fully saturated rings. The number of nitrogens with zero attached hydrogens (tertiary/aromatic N) is 1. The van der Waals surface area contributed by atoms with E-state index in [0.29, 0.717) is 0 Å². The van der Waals surface area contributed by atoms with E-state index in [-0.39, 0.29) is 0 Å². The molecule has 0 aromatic rings. The van der Waals surface area contributed by atoms with Crippen molar-refractivity contribution in [2.24, 2.45) is 11.8 Å². The SMILES string of the molecule is CCC1CC2CC(C)CN2C1. The van der Waals surface area contributed by atoms with Crippen LogP contribution in [0, 0.1) is 11.8 Å². The third-order valence-electron chi connectivity index (χ3n) is 3.41. The van der Waals surface area contributed by atoms with E-state index in [1.165, 1.54) is 32.4 Å². The molecule has 0 amide bonds. The molecule has 3 atom stereocenters.